The number of hydrogen-bond donors (Lipinski definition) is 0. The zero-order chi connectivity index (χ0) is 19.6. The Hall–Kier alpha value is -1.26. The van der Waals surface area contributed by atoms with E-state index in [1.165, 1.54) is 6.42 Å². The molecule has 0 saturated carbocycles. The van der Waals surface area contributed by atoms with Gasteiger partial charge < -0.3 is 9.47 Å². The minimum Gasteiger partial charge on any atom is -0.465 e. The van der Waals surface area contributed by atoms with Gasteiger partial charge in [-0.1, -0.05) is 75.7 Å². The van der Waals surface area contributed by atoms with Crippen molar-refractivity contribution in [2.45, 2.75) is 65.7 Å². The molecule has 0 unspecified atom stereocenters. The second-order valence-electron chi connectivity index (χ2n) is 6.28. The average molecular weight is 403 g/mol. The highest BCUT2D eigenvalue weighted by molar-refractivity contribution is 6.43. The van der Waals surface area contributed by atoms with Gasteiger partial charge in [-0.25, -0.2) is 0 Å². The number of halogens is 2. The minimum absolute atomic E-state index is 0.141. The predicted octanol–water partition coefficient (Wildman–Crippen LogP) is 6.22. The van der Waals surface area contributed by atoms with Crippen LogP contribution in [0, 0.1) is 5.41 Å². The van der Waals surface area contributed by atoms with Crippen LogP contribution in [0.25, 0.3) is 0 Å². The van der Waals surface area contributed by atoms with Crippen LogP contribution >= 0.6 is 23.2 Å². The number of rotatable bonds is 11. The average Bonchev–Trinajstić information content (AvgIpc) is 2.63. The van der Waals surface area contributed by atoms with Gasteiger partial charge in [-0.05, 0) is 31.4 Å². The molecule has 0 fully saturated rings. The zero-order valence-corrected chi connectivity index (χ0v) is 17.3. The van der Waals surface area contributed by atoms with Crippen LogP contribution in [0.15, 0.2) is 18.2 Å². The van der Waals surface area contributed by atoms with Crippen LogP contribution in [0.3, 0.4) is 0 Å². The highest BCUT2D eigenvalue weighted by Gasteiger charge is 2.46. The van der Waals surface area contributed by atoms with E-state index in [4.69, 9.17) is 32.7 Å². The standard InChI is InChI=1S/C20H28Cl2O4/c1-4-7-8-9-10-14-25-18(23)20(5-2,6-3)19(24)26-16-13-11-12-15(21)17(16)22/h11-13H,4-10,14H2,1-3H3. The first-order valence-electron chi connectivity index (χ1n) is 9.26. The van der Waals surface area contributed by atoms with Crippen molar-refractivity contribution in [1.29, 1.82) is 0 Å². The summed E-state index contributed by atoms with van der Waals surface area (Å²) in [5.74, 6) is -1.06. The summed E-state index contributed by atoms with van der Waals surface area (Å²) in [6, 6.07) is 4.77. The summed E-state index contributed by atoms with van der Waals surface area (Å²) < 4.78 is 10.8. The smallest absolute Gasteiger partial charge is 0.328 e. The molecule has 146 valence electrons. The van der Waals surface area contributed by atoms with E-state index in [2.05, 4.69) is 6.92 Å². The summed E-state index contributed by atoms with van der Waals surface area (Å²) in [6.07, 6.45) is 5.83. The van der Waals surface area contributed by atoms with Crippen molar-refractivity contribution in [3.63, 3.8) is 0 Å². The molecule has 1 rings (SSSR count). The maximum atomic E-state index is 12.8. The third-order valence-electron chi connectivity index (χ3n) is 4.59. The first kappa shape index (κ1) is 22.8. The van der Waals surface area contributed by atoms with E-state index >= 15 is 0 Å². The fourth-order valence-corrected chi connectivity index (χ4v) is 3.01. The molecule has 0 aliphatic heterocycles. The van der Waals surface area contributed by atoms with Gasteiger partial charge in [0.2, 0.25) is 0 Å². The van der Waals surface area contributed by atoms with E-state index in [1.807, 2.05) is 0 Å². The van der Waals surface area contributed by atoms with Gasteiger partial charge in [0.1, 0.15) is 5.02 Å². The van der Waals surface area contributed by atoms with Crippen LogP contribution in [-0.2, 0) is 14.3 Å². The lowest BCUT2D eigenvalue weighted by Gasteiger charge is -2.27. The monoisotopic (exact) mass is 402 g/mol. The second-order valence-corrected chi connectivity index (χ2v) is 7.07. The molecule has 4 nitrogen and oxygen atoms in total. The number of benzene rings is 1. The Balaban J connectivity index is 2.75. The molecular formula is C20H28Cl2O4. The molecule has 0 bridgehead atoms. The van der Waals surface area contributed by atoms with E-state index in [1.54, 1.807) is 32.0 Å². The molecule has 1 aromatic carbocycles. The maximum absolute atomic E-state index is 12.8. The van der Waals surface area contributed by atoms with Gasteiger partial charge in [-0.15, -0.1) is 0 Å². The lowest BCUT2D eigenvalue weighted by Crippen LogP contribution is -2.42. The Morgan fingerprint density at radius 2 is 1.62 bits per heavy atom. The highest BCUT2D eigenvalue weighted by Crippen LogP contribution is 2.35. The molecule has 0 aliphatic carbocycles. The van der Waals surface area contributed by atoms with Gasteiger partial charge >= 0.3 is 11.9 Å². The topological polar surface area (TPSA) is 52.6 Å². The number of carbonyl (C=O) groups excluding carboxylic acids is 2. The molecule has 6 heteroatoms. The van der Waals surface area contributed by atoms with Crippen molar-refractivity contribution in [3.05, 3.63) is 28.2 Å². The number of unbranched alkanes of at least 4 members (excludes halogenated alkanes) is 4. The molecule has 0 aliphatic rings. The van der Waals surface area contributed by atoms with Crippen LogP contribution in [-0.4, -0.2) is 18.5 Å². The molecule has 0 heterocycles. The Kier molecular flexibility index (Phi) is 10.0. The van der Waals surface area contributed by atoms with Crippen molar-refractivity contribution in [3.8, 4) is 5.75 Å². The number of carbonyl (C=O) groups is 2. The zero-order valence-electron chi connectivity index (χ0n) is 15.8. The summed E-state index contributed by atoms with van der Waals surface area (Å²) in [7, 11) is 0. The number of hydrogen-bond acceptors (Lipinski definition) is 4. The quantitative estimate of drug-likeness (QED) is 0.191. The largest absolute Gasteiger partial charge is 0.465 e. The SMILES string of the molecule is CCCCCCCOC(=O)C(CC)(CC)C(=O)Oc1cccc(Cl)c1Cl. The molecule has 1 aromatic rings. The van der Waals surface area contributed by atoms with E-state index < -0.39 is 17.4 Å². The van der Waals surface area contributed by atoms with Crippen LogP contribution in [0.4, 0.5) is 0 Å². The van der Waals surface area contributed by atoms with E-state index in [0.29, 0.717) is 6.61 Å². The lowest BCUT2D eigenvalue weighted by atomic mass is 9.82. The second kappa shape index (κ2) is 11.5. The fourth-order valence-electron chi connectivity index (χ4n) is 2.68. The van der Waals surface area contributed by atoms with Crippen LogP contribution in [0.5, 0.6) is 5.75 Å². The third-order valence-corrected chi connectivity index (χ3v) is 5.39. The number of esters is 2. The van der Waals surface area contributed by atoms with Gasteiger partial charge in [-0.3, -0.25) is 9.59 Å². The summed E-state index contributed by atoms with van der Waals surface area (Å²) in [4.78, 5) is 25.4. The Morgan fingerprint density at radius 3 is 2.23 bits per heavy atom. The van der Waals surface area contributed by atoms with Crippen molar-refractivity contribution >= 4 is 35.1 Å². The normalized spacial score (nSPS) is 11.3. The Labute approximate surface area is 166 Å². The van der Waals surface area contributed by atoms with Gasteiger partial charge in [-0.2, -0.15) is 0 Å². The van der Waals surface area contributed by atoms with Crippen LogP contribution in [0.2, 0.25) is 10.0 Å². The first-order valence-corrected chi connectivity index (χ1v) is 10.0. The van der Waals surface area contributed by atoms with E-state index in [9.17, 15) is 9.59 Å². The minimum atomic E-state index is -1.34. The molecule has 0 aromatic heterocycles. The van der Waals surface area contributed by atoms with Gasteiger partial charge in [0.05, 0.1) is 11.6 Å². The Morgan fingerprint density at radius 1 is 0.962 bits per heavy atom. The van der Waals surface area contributed by atoms with Gasteiger partial charge in [0.15, 0.2) is 11.2 Å². The summed E-state index contributed by atoms with van der Waals surface area (Å²) in [5, 5.41) is 0.429. The molecule has 0 saturated heterocycles. The van der Waals surface area contributed by atoms with Crippen LogP contribution in [0.1, 0.15) is 65.7 Å². The van der Waals surface area contributed by atoms with Crippen molar-refractivity contribution in [2.24, 2.45) is 5.41 Å². The molecule has 0 radical (unpaired) electrons. The van der Waals surface area contributed by atoms with Crippen molar-refractivity contribution in [1.82, 2.24) is 0 Å². The summed E-state index contributed by atoms with van der Waals surface area (Å²) in [6.45, 7) is 6.00. The molecule has 0 amide bonds. The predicted molar refractivity (Wildman–Crippen MR) is 105 cm³/mol. The first-order chi connectivity index (χ1) is 12.4. The van der Waals surface area contributed by atoms with Gasteiger partial charge in [0.25, 0.3) is 0 Å². The fraction of sp³-hybridized carbons (Fsp3) is 0.600. The molecule has 0 spiro atoms. The van der Waals surface area contributed by atoms with E-state index in [0.717, 1.165) is 25.7 Å². The molecule has 0 N–H and O–H groups in total. The number of ether oxygens (including phenoxy) is 2. The molecule has 26 heavy (non-hydrogen) atoms. The van der Waals surface area contributed by atoms with Gasteiger partial charge in [0, 0.05) is 0 Å². The van der Waals surface area contributed by atoms with Crippen molar-refractivity contribution < 1.29 is 19.1 Å². The molecular weight excluding hydrogens is 375 g/mol. The third kappa shape index (κ3) is 5.88. The Bertz CT molecular complexity index is 597. The van der Waals surface area contributed by atoms with Crippen molar-refractivity contribution in [2.75, 3.05) is 6.61 Å². The maximum Gasteiger partial charge on any atom is 0.328 e. The lowest BCUT2D eigenvalue weighted by molar-refractivity contribution is -0.168. The summed E-state index contributed by atoms with van der Waals surface area (Å²) >= 11 is 12.0. The molecule has 0 atom stereocenters. The summed E-state index contributed by atoms with van der Waals surface area (Å²) in [5.41, 5.74) is -1.34. The highest BCUT2D eigenvalue weighted by atomic mass is 35.5. The van der Waals surface area contributed by atoms with E-state index in [-0.39, 0.29) is 28.6 Å². The van der Waals surface area contributed by atoms with Crippen LogP contribution < -0.4 is 4.74 Å².